The Morgan fingerprint density at radius 2 is 1.68 bits per heavy atom. The zero-order valence-electron chi connectivity index (χ0n) is 20.4. The Morgan fingerprint density at radius 1 is 0.973 bits per heavy atom. The first kappa shape index (κ1) is 27.1. The van der Waals surface area contributed by atoms with Gasteiger partial charge >= 0.3 is 5.97 Å². The van der Waals surface area contributed by atoms with Gasteiger partial charge in [0.1, 0.15) is 0 Å². The first-order valence-corrected chi connectivity index (χ1v) is 13.0. The number of nitrogens with one attached hydrogen (secondary N) is 1. The summed E-state index contributed by atoms with van der Waals surface area (Å²) >= 11 is 12.0. The normalized spacial score (nSPS) is 19.5. The van der Waals surface area contributed by atoms with Crippen LogP contribution < -0.4 is 5.32 Å². The highest BCUT2D eigenvalue weighted by molar-refractivity contribution is 6.42. The van der Waals surface area contributed by atoms with E-state index >= 15 is 0 Å². The number of benzene rings is 3. The number of piperidine rings is 1. The first-order valence-electron chi connectivity index (χ1n) is 12.3. The van der Waals surface area contributed by atoms with Crippen molar-refractivity contribution in [3.8, 4) is 0 Å². The molecular weight excluding hydrogens is 511 g/mol. The van der Waals surface area contributed by atoms with E-state index in [-0.39, 0.29) is 25.4 Å². The third-order valence-electron chi connectivity index (χ3n) is 6.85. The average molecular weight is 541 g/mol. The highest BCUT2D eigenvalue weighted by atomic mass is 35.5. The molecule has 1 saturated heterocycles. The Hall–Kier alpha value is -2.90. The number of ether oxygens (including phenoxy) is 1. The van der Waals surface area contributed by atoms with E-state index in [0.717, 1.165) is 16.7 Å². The lowest BCUT2D eigenvalue weighted by Gasteiger charge is -2.45. The predicted molar refractivity (Wildman–Crippen MR) is 145 cm³/mol. The summed E-state index contributed by atoms with van der Waals surface area (Å²) in [6.07, 6.45) is 0.365. The maximum Gasteiger partial charge on any atom is 0.314 e. The number of halogens is 2. The molecular formula is C29H30Cl2N2O4. The highest BCUT2D eigenvalue weighted by Crippen LogP contribution is 2.38. The number of carboxylic acid groups (broad SMARTS) is 1. The summed E-state index contributed by atoms with van der Waals surface area (Å²) < 4.78 is 5.73. The number of carboxylic acids is 1. The molecule has 1 fully saturated rings. The second kappa shape index (κ2) is 12.6. The van der Waals surface area contributed by atoms with Crippen molar-refractivity contribution in [3.63, 3.8) is 0 Å². The van der Waals surface area contributed by atoms with Gasteiger partial charge in [0.2, 0.25) is 5.91 Å². The summed E-state index contributed by atoms with van der Waals surface area (Å²) in [5, 5.41) is 14.7. The Kier molecular flexibility index (Phi) is 9.22. The molecule has 3 aromatic carbocycles. The van der Waals surface area contributed by atoms with Crippen LogP contribution in [0.15, 0.2) is 78.9 Å². The second-order valence-electron chi connectivity index (χ2n) is 9.23. The molecule has 1 aliphatic heterocycles. The van der Waals surface area contributed by atoms with Crippen LogP contribution in [0.3, 0.4) is 0 Å². The summed E-state index contributed by atoms with van der Waals surface area (Å²) in [4.78, 5) is 27.6. The maximum absolute atomic E-state index is 13.3. The molecule has 3 aromatic rings. The highest BCUT2D eigenvalue weighted by Gasteiger charge is 2.47. The van der Waals surface area contributed by atoms with E-state index in [9.17, 15) is 14.7 Å². The van der Waals surface area contributed by atoms with Crippen LogP contribution in [-0.4, -0.2) is 41.2 Å². The van der Waals surface area contributed by atoms with Crippen molar-refractivity contribution >= 4 is 35.1 Å². The summed E-state index contributed by atoms with van der Waals surface area (Å²) in [5.74, 6) is -0.950. The van der Waals surface area contributed by atoms with Crippen LogP contribution in [0.4, 0.5) is 0 Å². The molecule has 0 aliphatic carbocycles. The summed E-state index contributed by atoms with van der Waals surface area (Å²) in [6, 6.07) is 24.5. The van der Waals surface area contributed by atoms with Gasteiger partial charge in [0.05, 0.1) is 41.3 Å². The van der Waals surface area contributed by atoms with Crippen molar-refractivity contribution in [1.82, 2.24) is 10.2 Å². The zero-order chi connectivity index (χ0) is 26.3. The second-order valence-corrected chi connectivity index (χ2v) is 10.0. The average Bonchev–Trinajstić information content (AvgIpc) is 2.92. The number of carbonyl (C=O) groups is 2. The fourth-order valence-electron chi connectivity index (χ4n) is 4.78. The van der Waals surface area contributed by atoms with Crippen LogP contribution in [0.1, 0.15) is 36.0 Å². The standard InChI is InChI=1S/C29H30Cl2N2O4/c30-24-12-11-22(17-25(24)31)20-37-16-13-27(34)33-15-14-29(28(35)36,23-9-5-2-6-10-23)18-26(33)32-19-21-7-3-1-4-8-21/h1-12,17,26,32H,13-16,18-20H2,(H,35,36). The van der Waals surface area contributed by atoms with E-state index < -0.39 is 17.6 Å². The summed E-state index contributed by atoms with van der Waals surface area (Å²) in [5.41, 5.74) is 1.62. The number of nitrogens with zero attached hydrogens (tertiary/aromatic N) is 1. The number of hydrogen-bond acceptors (Lipinski definition) is 4. The van der Waals surface area contributed by atoms with Gasteiger partial charge < -0.3 is 14.7 Å². The topological polar surface area (TPSA) is 78.9 Å². The minimum atomic E-state index is -1.07. The van der Waals surface area contributed by atoms with Gasteiger partial charge in [0, 0.05) is 19.5 Å². The monoisotopic (exact) mass is 540 g/mol. The fourth-order valence-corrected chi connectivity index (χ4v) is 5.10. The van der Waals surface area contributed by atoms with Gasteiger partial charge in [-0.05, 0) is 35.2 Å². The van der Waals surface area contributed by atoms with Gasteiger partial charge in [-0.3, -0.25) is 14.9 Å². The molecule has 0 spiro atoms. The third-order valence-corrected chi connectivity index (χ3v) is 7.59. The Bertz CT molecular complexity index is 1210. The molecule has 1 heterocycles. The lowest BCUT2D eigenvalue weighted by Crippen LogP contribution is -2.59. The molecule has 4 rings (SSSR count). The van der Waals surface area contributed by atoms with E-state index in [0.29, 0.717) is 36.2 Å². The van der Waals surface area contributed by atoms with Gasteiger partial charge in [-0.1, -0.05) is 89.9 Å². The molecule has 8 heteroatoms. The molecule has 2 N–H and O–H groups in total. The lowest BCUT2D eigenvalue weighted by molar-refractivity contribution is -0.151. The van der Waals surface area contributed by atoms with Crippen molar-refractivity contribution in [2.24, 2.45) is 0 Å². The molecule has 2 atom stereocenters. The molecule has 1 aliphatic rings. The number of likely N-dealkylation sites (tertiary alicyclic amines) is 1. The molecule has 194 valence electrons. The molecule has 0 aromatic heterocycles. The SMILES string of the molecule is O=C(CCOCc1ccc(Cl)c(Cl)c1)N1CCC(C(=O)O)(c2ccccc2)CC1NCc1ccccc1. The van der Waals surface area contributed by atoms with Gasteiger partial charge in [-0.2, -0.15) is 0 Å². The van der Waals surface area contributed by atoms with Crippen LogP contribution in [0.25, 0.3) is 0 Å². The lowest BCUT2D eigenvalue weighted by atomic mass is 9.71. The van der Waals surface area contributed by atoms with E-state index in [1.165, 1.54) is 0 Å². The van der Waals surface area contributed by atoms with Crippen LogP contribution in [-0.2, 0) is 32.9 Å². The molecule has 0 radical (unpaired) electrons. The van der Waals surface area contributed by atoms with Gasteiger partial charge in [-0.25, -0.2) is 0 Å². The summed E-state index contributed by atoms with van der Waals surface area (Å²) in [7, 11) is 0. The Labute approximate surface area is 227 Å². The van der Waals surface area contributed by atoms with Crippen molar-refractivity contribution in [1.29, 1.82) is 0 Å². The van der Waals surface area contributed by atoms with Crippen molar-refractivity contribution in [2.45, 2.75) is 44.0 Å². The fraction of sp³-hybridized carbons (Fsp3) is 0.310. The number of carbonyl (C=O) groups excluding carboxylic acids is 1. The van der Waals surface area contributed by atoms with E-state index in [2.05, 4.69) is 5.32 Å². The zero-order valence-corrected chi connectivity index (χ0v) is 21.9. The quantitative estimate of drug-likeness (QED) is 0.324. The number of rotatable bonds is 10. The number of aliphatic carboxylic acids is 1. The van der Waals surface area contributed by atoms with E-state index in [1.807, 2.05) is 66.7 Å². The number of hydrogen-bond donors (Lipinski definition) is 2. The van der Waals surface area contributed by atoms with E-state index in [4.69, 9.17) is 27.9 Å². The van der Waals surface area contributed by atoms with Crippen LogP contribution >= 0.6 is 23.2 Å². The van der Waals surface area contributed by atoms with Crippen LogP contribution in [0.5, 0.6) is 0 Å². The molecule has 6 nitrogen and oxygen atoms in total. The van der Waals surface area contributed by atoms with Gasteiger partial charge in [0.15, 0.2) is 0 Å². The van der Waals surface area contributed by atoms with Crippen LogP contribution in [0.2, 0.25) is 10.0 Å². The molecule has 37 heavy (non-hydrogen) atoms. The number of amides is 1. The molecule has 0 bridgehead atoms. The predicted octanol–water partition coefficient (Wildman–Crippen LogP) is 5.66. The first-order chi connectivity index (χ1) is 17.9. The molecule has 1 amide bonds. The molecule has 2 unspecified atom stereocenters. The maximum atomic E-state index is 13.3. The van der Waals surface area contributed by atoms with Crippen molar-refractivity contribution in [3.05, 3.63) is 106 Å². The van der Waals surface area contributed by atoms with Crippen molar-refractivity contribution in [2.75, 3.05) is 13.2 Å². The largest absolute Gasteiger partial charge is 0.481 e. The van der Waals surface area contributed by atoms with Crippen LogP contribution in [0, 0.1) is 0 Å². The summed E-state index contributed by atoms with van der Waals surface area (Å²) in [6.45, 7) is 1.41. The Balaban J connectivity index is 1.44. The van der Waals surface area contributed by atoms with Gasteiger partial charge in [-0.15, -0.1) is 0 Å². The Morgan fingerprint density at radius 3 is 2.35 bits per heavy atom. The minimum absolute atomic E-state index is 0.0771. The molecule has 0 saturated carbocycles. The van der Waals surface area contributed by atoms with Gasteiger partial charge in [0.25, 0.3) is 0 Å². The third kappa shape index (κ3) is 6.70. The smallest absolute Gasteiger partial charge is 0.314 e. The minimum Gasteiger partial charge on any atom is -0.481 e. The van der Waals surface area contributed by atoms with Crippen molar-refractivity contribution < 1.29 is 19.4 Å². The van der Waals surface area contributed by atoms with E-state index in [1.54, 1.807) is 17.0 Å².